The molecule has 5 N–H and O–H groups in total. The van der Waals surface area contributed by atoms with E-state index in [1.807, 2.05) is 0 Å². The summed E-state index contributed by atoms with van der Waals surface area (Å²) in [6, 6.07) is 6.23. The zero-order valence-electron chi connectivity index (χ0n) is 25.4. The van der Waals surface area contributed by atoms with Crippen LogP contribution in [0.5, 0.6) is 5.75 Å². The smallest absolute Gasteiger partial charge is 0.432 e. The first-order valence-corrected chi connectivity index (χ1v) is 14.5. The number of rotatable bonds is 7. The second-order valence-electron chi connectivity index (χ2n) is 11.0. The molecule has 0 fully saturated rings. The minimum Gasteiger partial charge on any atom is -0.435 e. The number of nitrogens with one attached hydrogen (secondary N) is 1. The lowest BCUT2D eigenvalue weighted by Gasteiger charge is -2.23. The van der Waals surface area contributed by atoms with E-state index in [0.717, 1.165) is 36.8 Å². The topological polar surface area (TPSA) is 159 Å². The van der Waals surface area contributed by atoms with Gasteiger partial charge in [0, 0.05) is 35.5 Å². The maximum absolute atomic E-state index is 13.9. The van der Waals surface area contributed by atoms with Gasteiger partial charge in [-0.15, -0.1) is 0 Å². The van der Waals surface area contributed by atoms with Crippen molar-refractivity contribution in [3.8, 4) is 28.3 Å². The molecule has 2 unspecified atom stereocenters. The van der Waals surface area contributed by atoms with E-state index in [0.29, 0.717) is 28.7 Å². The molecule has 260 valence electrons. The number of benzene rings is 1. The number of aromatic nitrogens is 5. The van der Waals surface area contributed by atoms with Gasteiger partial charge in [-0.2, -0.15) is 35.8 Å². The van der Waals surface area contributed by atoms with E-state index >= 15 is 0 Å². The predicted octanol–water partition coefficient (Wildman–Crippen LogP) is 5.56. The number of carbonyl (C=O) groups is 1. The van der Waals surface area contributed by atoms with E-state index in [2.05, 4.69) is 25.1 Å². The standard InChI is InChI=1S/C30H28F7N9O3/c1-15-3-2-4-23(20-9-16(7-8-40-20)26-21(43-27(15)48)12-42-46(26)28(31)32)44-14-41-19(11-25(44)47)18-10-17(49-29(33)34)5-6-22(18)45(39)13-24(38)30(35,36)37/h5-15,23,28-29H,2-4,38-39H2,1H3,(H,43,48)/b24-13-. The van der Waals surface area contributed by atoms with Gasteiger partial charge in [0.25, 0.3) is 5.56 Å². The minimum atomic E-state index is -4.93. The van der Waals surface area contributed by atoms with Crippen LogP contribution in [-0.2, 0) is 4.79 Å². The highest BCUT2D eigenvalue weighted by molar-refractivity contribution is 5.95. The van der Waals surface area contributed by atoms with Gasteiger partial charge in [-0.25, -0.2) is 15.5 Å². The zero-order chi connectivity index (χ0) is 35.6. The third-order valence-corrected chi connectivity index (χ3v) is 7.72. The Bertz CT molecular complexity index is 1930. The fourth-order valence-electron chi connectivity index (χ4n) is 5.31. The summed E-state index contributed by atoms with van der Waals surface area (Å²) in [4.78, 5) is 35.3. The number of hydrazine groups is 1. The molecule has 2 atom stereocenters. The Morgan fingerprint density at radius 1 is 1.10 bits per heavy atom. The van der Waals surface area contributed by atoms with Gasteiger partial charge in [0.2, 0.25) is 5.91 Å². The summed E-state index contributed by atoms with van der Waals surface area (Å²) in [6.07, 6.45) is 0.0324. The number of fused-ring (bicyclic) bond motifs is 4. The van der Waals surface area contributed by atoms with Gasteiger partial charge in [-0.05, 0) is 43.2 Å². The van der Waals surface area contributed by atoms with Crippen molar-refractivity contribution in [1.82, 2.24) is 24.3 Å². The van der Waals surface area contributed by atoms with Gasteiger partial charge in [-0.1, -0.05) is 13.3 Å². The molecule has 1 aliphatic rings. The van der Waals surface area contributed by atoms with Crippen LogP contribution in [0, 0.1) is 5.92 Å². The van der Waals surface area contributed by atoms with Crippen LogP contribution in [0.3, 0.4) is 0 Å². The van der Waals surface area contributed by atoms with Crippen molar-refractivity contribution in [2.45, 2.75) is 51.6 Å². The number of pyridine rings is 1. The summed E-state index contributed by atoms with van der Waals surface area (Å²) in [6.45, 7) is -4.63. The zero-order valence-corrected chi connectivity index (χ0v) is 25.4. The van der Waals surface area contributed by atoms with Gasteiger partial charge in [0.1, 0.15) is 11.4 Å². The predicted molar refractivity (Wildman–Crippen MR) is 162 cm³/mol. The van der Waals surface area contributed by atoms with E-state index in [-0.39, 0.29) is 46.0 Å². The summed E-state index contributed by atoms with van der Waals surface area (Å²) in [5.41, 5.74) is 2.82. The molecule has 0 saturated heterocycles. The number of alkyl halides is 7. The number of nitrogens with zero attached hydrogens (tertiary/aromatic N) is 6. The number of carbonyl (C=O) groups excluding carboxylic acids is 1. The van der Waals surface area contributed by atoms with Crippen molar-refractivity contribution >= 4 is 17.3 Å². The third kappa shape index (κ3) is 7.66. The number of nitrogens with two attached hydrogens (primary N) is 2. The lowest BCUT2D eigenvalue weighted by atomic mass is 9.97. The Hall–Kier alpha value is -5.46. The maximum Gasteiger partial charge on any atom is 0.432 e. The molecule has 1 aliphatic heterocycles. The molecular weight excluding hydrogens is 667 g/mol. The normalized spacial score (nSPS) is 17.3. The lowest BCUT2D eigenvalue weighted by molar-refractivity contribution is -0.119. The minimum absolute atomic E-state index is 0.0595. The van der Waals surface area contributed by atoms with E-state index in [1.165, 1.54) is 22.9 Å². The van der Waals surface area contributed by atoms with Crippen molar-refractivity contribution in [2.75, 3.05) is 10.3 Å². The Labute approximate surface area is 272 Å². The molecule has 1 aromatic carbocycles. The number of halogens is 7. The summed E-state index contributed by atoms with van der Waals surface area (Å²) in [7, 11) is 0. The van der Waals surface area contributed by atoms with E-state index in [1.54, 1.807) is 6.92 Å². The average Bonchev–Trinajstić information content (AvgIpc) is 3.46. The van der Waals surface area contributed by atoms with Crippen molar-refractivity contribution in [3.05, 3.63) is 83.1 Å². The molecule has 1 amide bonds. The van der Waals surface area contributed by atoms with Gasteiger partial charge < -0.3 is 15.8 Å². The molecule has 4 heterocycles. The summed E-state index contributed by atoms with van der Waals surface area (Å²) in [5.74, 6) is 4.48. The quantitative estimate of drug-likeness (QED) is 0.128. The van der Waals surface area contributed by atoms with Crippen LogP contribution in [0.15, 0.2) is 71.8 Å². The average molecular weight is 696 g/mol. The molecule has 3 aromatic heterocycles. The van der Waals surface area contributed by atoms with Gasteiger partial charge in [0.15, 0.2) is 0 Å². The molecule has 5 rings (SSSR count). The highest BCUT2D eigenvalue weighted by atomic mass is 19.4. The summed E-state index contributed by atoms with van der Waals surface area (Å²) >= 11 is 0. The fourth-order valence-corrected chi connectivity index (χ4v) is 5.31. The molecule has 49 heavy (non-hydrogen) atoms. The number of allylic oxidation sites excluding steroid dienone is 1. The highest BCUT2D eigenvalue weighted by Gasteiger charge is 2.32. The SMILES string of the molecule is CC1CCCC(n2cnc(-c3cc(OC(F)F)ccc3N(N)/C=C(\N)C(F)(F)F)cc2=O)c2cc(ccn2)-c2c(cnn2C(F)F)NC1=O. The molecular formula is C30H28F7N9O3. The van der Waals surface area contributed by atoms with Crippen LogP contribution < -0.4 is 32.2 Å². The van der Waals surface area contributed by atoms with Crippen molar-refractivity contribution in [3.63, 3.8) is 0 Å². The molecule has 12 nitrogen and oxygen atoms in total. The number of hydrogen-bond donors (Lipinski definition) is 3. The lowest BCUT2D eigenvalue weighted by Crippen LogP contribution is -2.30. The molecule has 0 spiro atoms. The van der Waals surface area contributed by atoms with E-state index in [9.17, 15) is 40.3 Å². The second kappa shape index (κ2) is 14.0. The first kappa shape index (κ1) is 34.9. The van der Waals surface area contributed by atoms with Crippen LogP contribution in [0.25, 0.3) is 22.5 Å². The van der Waals surface area contributed by atoms with Crippen LogP contribution >= 0.6 is 0 Å². The molecule has 4 aromatic rings. The van der Waals surface area contributed by atoms with Crippen LogP contribution in [0.4, 0.5) is 42.1 Å². The van der Waals surface area contributed by atoms with Crippen LogP contribution in [0.1, 0.15) is 44.5 Å². The van der Waals surface area contributed by atoms with Gasteiger partial charge >= 0.3 is 19.3 Å². The monoisotopic (exact) mass is 695 g/mol. The molecule has 0 saturated carbocycles. The van der Waals surface area contributed by atoms with Crippen molar-refractivity contribution < 1.29 is 40.3 Å². The van der Waals surface area contributed by atoms with Crippen LogP contribution in [-0.4, -0.2) is 43.0 Å². The number of hydrogen-bond acceptors (Lipinski definition) is 9. The summed E-state index contributed by atoms with van der Waals surface area (Å²) < 4.78 is 99.3. The van der Waals surface area contributed by atoms with Crippen LogP contribution in [0.2, 0.25) is 0 Å². The second-order valence-corrected chi connectivity index (χ2v) is 11.0. The highest BCUT2D eigenvalue weighted by Crippen LogP contribution is 2.36. The molecule has 0 radical (unpaired) electrons. The van der Waals surface area contributed by atoms with Gasteiger partial charge in [-0.3, -0.25) is 24.1 Å². The largest absolute Gasteiger partial charge is 0.435 e. The van der Waals surface area contributed by atoms with E-state index in [4.69, 9.17) is 11.6 Å². The number of amides is 1. The summed E-state index contributed by atoms with van der Waals surface area (Å²) in [5, 5.41) is 6.89. The first-order chi connectivity index (χ1) is 23.1. The molecule has 2 bridgehead atoms. The van der Waals surface area contributed by atoms with Crippen molar-refractivity contribution in [2.24, 2.45) is 17.5 Å². The van der Waals surface area contributed by atoms with E-state index < -0.39 is 54.2 Å². The fraction of sp³-hybridized carbons (Fsp3) is 0.300. The van der Waals surface area contributed by atoms with Gasteiger partial charge in [0.05, 0.1) is 47.0 Å². The Morgan fingerprint density at radius 2 is 1.86 bits per heavy atom. The Kier molecular flexibility index (Phi) is 9.93. The third-order valence-electron chi connectivity index (χ3n) is 7.72. The first-order valence-electron chi connectivity index (χ1n) is 14.5. The Morgan fingerprint density at radius 3 is 2.53 bits per heavy atom. The maximum atomic E-state index is 13.9. The number of ether oxygens (including phenoxy) is 1. The molecule has 0 aliphatic carbocycles. The number of anilines is 2. The molecule has 19 heteroatoms. The Balaban J connectivity index is 1.61. The van der Waals surface area contributed by atoms with Crippen molar-refractivity contribution in [1.29, 1.82) is 0 Å².